The van der Waals surface area contributed by atoms with Gasteiger partial charge >= 0.3 is 0 Å². The Bertz CT molecular complexity index is 499. The predicted molar refractivity (Wildman–Crippen MR) is 73.0 cm³/mol. The molecule has 0 aliphatic carbocycles. The molecule has 0 amide bonds. The molecular formula is C14H21N3. The molecule has 0 saturated heterocycles. The standard InChI is InChI=1S/C14H21N3/c1-3-4-5-6-9-17-13-8-7-11(2)10-12(13)16-14(17)15/h7-8,10H,3-6,9H2,1-2H3,(H2,15,16). The minimum Gasteiger partial charge on any atom is -0.369 e. The number of rotatable bonds is 5. The van der Waals surface area contributed by atoms with Crippen LogP contribution in [0.25, 0.3) is 11.0 Å². The van der Waals surface area contributed by atoms with Gasteiger partial charge in [0.2, 0.25) is 5.95 Å². The van der Waals surface area contributed by atoms with Gasteiger partial charge in [-0.25, -0.2) is 4.98 Å². The summed E-state index contributed by atoms with van der Waals surface area (Å²) < 4.78 is 2.13. The lowest BCUT2D eigenvalue weighted by Crippen LogP contribution is -2.03. The van der Waals surface area contributed by atoms with Gasteiger partial charge < -0.3 is 10.3 Å². The van der Waals surface area contributed by atoms with E-state index in [1.54, 1.807) is 0 Å². The highest BCUT2D eigenvalue weighted by Crippen LogP contribution is 2.20. The number of anilines is 1. The largest absolute Gasteiger partial charge is 0.369 e. The van der Waals surface area contributed by atoms with Crippen LogP contribution in [-0.2, 0) is 6.54 Å². The average Bonchev–Trinajstić information content (AvgIpc) is 2.60. The number of aromatic nitrogens is 2. The summed E-state index contributed by atoms with van der Waals surface area (Å²) in [6.07, 6.45) is 5.00. The number of hydrogen-bond donors (Lipinski definition) is 1. The summed E-state index contributed by atoms with van der Waals surface area (Å²) in [5.41, 5.74) is 9.37. The van der Waals surface area contributed by atoms with Crippen molar-refractivity contribution in [3.63, 3.8) is 0 Å². The first kappa shape index (κ1) is 12.0. The molecule has 17 heavy (non-hydrogen) atoms. The third-order valence-corrected chi connectivity index (χ3v) is 3.17. The molecular weight excluding hydrogens is 210 g/mol. The molecule has 1 heterocycles. The van der Waals surface area contributed by atoms with Crippen LogP contribution in [0, 0.1) is 6.92 Å². The molecule has 0 aliphatic heterocycles. The van der Waals surface area contributed by atoms with Crippen molar-refractivity contribution in [1.82, 2.24) is 9.55 Å². The van der Waals surface area contributed by atoms with E-state index in [4.69, 9.17) is 5.73 Å². The first-order valence-corrected chi connectivity index (χ1v) is 6.44. The van der Waals surface area contributed by atoms with Gasteiger partial charge in [-0.1, -0.05) is 32.3 Å². The molecule has 0 unspecified atom stereocenters. The molecule has 0 saturated carbocycles. The van der Waals surface area contributed by atoms with Gasteiger partial charge in [0.25, 0.3) is 0 Å². The molecule has 0 radical (unpaired) electrons. The number of imidazole rings is 1. The van der Waals surface area contributed by atoms with Crippen LogP contribution in [-0.4, -0.2) is 9.55 Å². The van der Waals surface area contributed by atoms with Crippen molar-refractivity contribution in [2.45, 2.75) is 46.1 Å². The van der Waals surface area contributed by atoms with Crippen molar-refractivity contribution in [1.29, 1.82) is 0 Å². The van der Waals surface area contributed by atoms with Crippen molar-refractivity contribution in [3.8, 4) is 0 Å². The Morgan fingerprint density at radius 1 is 1.24 bits per heavy atom. The molecule has 0 bridgehead atoms. The molecule has 92 valence electrons. The summed E-state index contributed by atoms with van der Waals surface area (Å²) in [7, 11) is 0. The lowest BCUT2D eigenvalue weighted by atomic mass is 10.2. The second-order valence-electron chi connectivity index (χ2n) is 4.67. The first-order valence-electron chi connectivity index (χ1n) is 6.44. The molecule has 0 spiro atoms. The summed E-state index contributed by atoms with van der Waals surface area (Å²) in [6, 6.07) is 6.33. The number of nitrogens with two attached hydrogens (primary N) is 1. The lowest BCUT2D eigenvalue weighted by molar-refractivity contribution is 0.595. The smallest absolute Gasteiger partial charge is 0.201 e. The quantitative estimate of drug-likeness (QED) is 0.800. The van der Waals surface area contributed by atoms with E-state index in [-0.39, 0.29) is 0 Å². The van der Waals surface area contributed by atoms with Crippen molar-refractivity contribution < 1.29 is 0 Å². The van der Waals surface area contributed by atoms with Gasteiger partial charge in [-0.3, -0.25) is 0 Å². The minimum atomic E-state index is 0.641. The summed E-state index contributed by atoms with van der Waals surface area (Å²) in [5.74, 6) is 0.641. The minimum absolute atomic E-state index is 0.641. The van der Waals surface area contributed by atoms with E-state index in [9.17, 15) is 0 Å². The Hall–Kier alpha value is -1.51. The Kier molecular flexibility index (Phi) is 3.67. The van der Waals surface area contributed by atoms with Gasteiger partial charge in [0.1, 0.15) is 0 Å². The number of aryl methyl sites for hydroxylation is 2. The summed E-state index contributed by atoms with van der Waals surface area (Å²) in [6.45, 7) is 5.28. The van der Waals surface area contributed by atoms with Crippen LogP contribution in [0.5, 0.6) is 0 Å². The van der Waals surface area contributed by atoms with Crippen molar-refractivity contribution in [3.05, 3.63) is 23.8 Å². The Morgan fingerprint density at radius 3 is 2.82 bits per heavy atom. The Labute approximate surface area is 103 Å². The average molecular weight is 231 g/mol. The fourth-order valence-electron chi connectivity index (χ4n) is 2.19. The molecule has 2 aromatic rings. The number of unbranched alkanes of at least 4 members (excludes halogenated alkanes) is 3. The van der Waals surface area contributed by atoms with E-state index in [0.717, 1.165) is 17.6 Å². The molecule has 1 aromatic heterocycles. The fraction of sp³-hybridized carbons (Fsp3) is 0.500. The molecule has 3 heteroatoms. The van der Waals surface area contributed by atoms with E-state index in [1.807, 2.05) is 0 Å². The van der Waals surface area contributed by atoms with Gasteiger partial charge in [0.05, 0.1) is 11.0 Å². The van der Waals surface area contributed by atoms with Crippen LogP contribution in [0.15, 0.2) is 18.2 Å². The number of hydrogen-bond acceptors (Lipinski definition) is 2. The van der Waals surface area contributed by atoms with E-state index >= 15 is 0 Å². The topological polar surface area (TPSA) is 43.8 Å². The van der Waals surface area contributed by atoms with Crippen LogP contribution in [0.2, 0.25) is 0 Å². The fourth-order valence-corrected chi connectivity index (χ4v) is 2.19. The van der Waals surface area contributed by atoms with Crippen LogP contribution >= 0.6 is 0 Å². The van der Waals surface area contributed by atoms with Gasteiger partial charge in [-0.05, 0) is 31.0 Å². The number of nitrogen functional groups attached to an aromatic ring is 1. The van der Waals surface area contributed by atoms with Crippen molar-refractivity contribution in [2.24, 2.45) is 0 Å². The predicted octanol–water partition coefficient (Wildman–Crippen LogP) is 3.51. The molecule has 1 aromatic carbocycles. The van der Waals surface area contributed by atoms with Crippen molar-refractivity contribution in [2.75, 3.05) is 5.73 Å². The monoisotopic (exact) mass is 231 g/mol. The second kappa shape index (κ2) is 5.21. The van der Waals surface area contributed by atoms with E-state index in [0.29, 0.717) is 5.95 Å². The Balaban J connectivity index is 2.18. The zero-order chi connectivity index (χ0) is 12.3. The van der Waals surface area contributed by atoms with Crippen molar-refractivity contribution >= 4 is 17.0 Å². The number of nitrogens with zero attached hydrogens (tertiary/aromatic N) is 2. The highest BCUT2D eigenvalue weighted by molar-refractivity contribution is 5.79. The van der Waals surface area contributed by atoms with Crippen LogP contribution in [0.4, 0.5) is 5.95 Å². The van der Waals surface area contributed by atoms with Gasteiger partial charge in [-0.2, -0.15) is 0 Å². The summed E-state index contributed by atoms with van der Waals surface area (Å²) in [5, 5.41) is 0. The van der Waals surface area contributed by atoms with Gasteiger partial charge in [-0.15, -0.1) is 0 Å². The molecule has 0 atom stereocenters. The molecule has 2 rings (SSSR count). The maximum Gasteiger partial charge on any atom is 0.201 e. The SMILES string of the molecule is CCCCCCn1c(N)nc2cc(C)ccc21. The van der Waals surface area contributed by atoms with Crippen LogP contribution in [0.1, 0.15) is 38.2 Å². The zero-order valence-electron chi connectivity index (χ0n) is 10.7. The highest BCUT2D eigenvalue weighted by Gasteiger charge is 2.07. The maximum atomic E-state index is 5.97. The lowest BCUT2D eigenvalue weighted by Gasteiger charge is -2.06. The third-order valence-electron chi connectivity index (χ3n) is 3.17. The maximum absolute atomic E-state index is 5.97. The van der Waals surface area contributed by atoms with Crippen LogP contribution in [0.3, 0.4) is 0 Å². The summed E-state index contributed by atoms with van der Waals surface area (Å²) >= 11 is 0. The molecule has 2 N–H and O–H groups in total. The zero-order valence-corrected chi connectivity index (χ0v) is 10.7. The summed E-state index contributed by atoms with van der Waals surface area (Å²) in [4.78, 5) is 4.41. The number of fused-ring (bicyclic) bond motifs is 1. The Morgan fingerprint density at radius 2 is 2.06 bits per heavy atom. The van der Waals surface area contributed by atoms with E-state index in [2.05, 4.69) is 41.6 Å². The number of benzene rings is 1. The first-order chi connectivity index (χ1) is 8.22. The van der Waals surface area contributed by atoms with Gasteiger partial charge in [0.15, 0.2) is 0 Å². The second-order valence-corrected chi connectivity index (χ2v) is 4.67. The third kappa shape index (κ3) is 2.60. The van der Waals surface area contributed by atoms with E-state index < -0.39 is 0 Å². The van der Waals surface area contributed by atoms with Crippen LogP contribution < -0.4 is 5.73 Å². The van der Waals surface area contributed by atoms with Gasteiger partial charge in [0, 0.05) is 6.54 Å². The van der Waals surface area contributed by atoms with E-state index in [1.165, 1.54) is 31.2 Å². The normalized spacial score (nSPS) is 11.2. The highest BCUT2D eigenvalue weighted by atomic mass is 15.1. The molecule has 3 nitrogen and oxygen atoms in total. The molecule has 0 aliphatic rings. The molecule has 0 fully saturated rings.